The Morgan fingerprint density at radius 3 is 2.22 bits per heavy atom. The Balaban J connectivity index is 1.06. The standard InChI is InChI=1S/C33H34Cl2N5O3PS/c1-39(44(34,35)45)38-22-25-8-12-31(13-9-25)43-23-42-30-10-6-24(7-11-30)14-15-37-33(41)29(21-36)20-26-18-27-4-2-16-40-17-3-5-28(19-26)32(27)40/h6-13,18-20,22H,2-5,14-17,23H2,1H3,(H,37,41)/b29-20-,38-22+. The van der Waals surface area contributed by atoms with Gasteiger partial charge in [0.05, 0.1) is 6.21 Å². The third kappa shape index (κ3) is 9.02. The summed E-state index contributed by atoms with van der Waals surface area (Å²) in [6, 6.07) is 21.3. The second-order valence-corrected chi connectivity index (χ2v) is 18.5. The molecule has 1 N–H and O–H groups in total. The maximum Gasteiger partial charge on any atom is 0.261 e. The molecule has 2 aliphatic rings. The van der Waals surface area contributed by atoms with Crippen molar-refractivity contribution in [3.63, 3.8) is 0 Å². The smallest absolute Gasteiger partial charge is 0.261 e. The average Bonchev–Trinajstić information content (AvgIpc) is 3.03. The monoisotopic (exact) mass is 681 g/mol. The molecule has 0 spiro atoms. The van der Waals surface area contributed by atoms with Gasteiger partial charge < -0.3 is 19.7 Å². The highest BCUT2D eigenvalue weighted by Gasteiger charge is 2.24. The quantitative estimate of drug-likeness (QED) is 0.0548. The summed E-state index contributed by atoms with van der Waals surface area (Å²) in [6.07, 6.45) is 8.31. The van der Waals surface area contributed by atoms with Crippen molar-refractivity contribution in [2.24, 2.45) is 5.10 Å². The molecular weight excluding hydrogens is 648 g/mol. The molecule has 1 amide bonds. The van der Waals surface area contributed by atoms with Crippen LogP contribution in [0.1, 0.15) is 40.7 Å². The van der Waals surface area contributed by atoms with E-state index in [0.717, 1.165) is 55.5 Å². The molecule has 0 aromatic heterocycles. The van der Waals surface area contributed by atoms with E-state index in [0.29, 0.717) is 24.5 Å². The van der Waals surface area contributed by atoms with Crippen molar-refractivity contribution in [2.75, 3.05) is 38.4 Å². The number of amides is 1. The maximum absolute atomic E-state index is 12.8. The molecule has 5 rings (SSSR count). The molecule has 0 radical (unpaired) electrons. The van der Waals surface area contributed by atoms with Crippen LogP contribution in [0.4, 0.5) is 5.69 Å². The minimum atomic E-state index is -2.64. The number of anilines is 1. The van der Waals surface area contributed by atoms with E-state index in [2.05, 4.69) is 33.5 Å². The van der Waals surface area contributed by atoms with Crippen LogP contribution in [0.25, 0.3) is 6.08 Å². The first-order chi connectivity index (χ1) is 21.7. The number of carbonyl (C=O) groups excluding carboxylic acids is 1. The fraction of sp³-hybridized carbons (Fsp3) is 0.303. The second-order valence-electron chi connectivity index (χ2n) is 10.8. The minimum absolute atomic E-state index is 0.0419. The van der Waals surface area contributed by atoms with Crippen molar-refractivity contribution in [3.8, 4) is 17.6 Å². The largest absolute Gasteiger partial charge is 0.458 e. The summed E-state index contributed by atoms with van der Waals surface area (Å²) < 4.78 is 12.8. The van der Waals surface area contributed by atoms with Crippen LogP contribution in [-0.2, 0) is 35.9 Å². The number of nitriles is 1. The molecule has 0 saturated carbocycles. The zero-order valence-electron chi connectivity index (χ0n) is 24.9. The van der Waals surface area contributed by atoms with E-state index in [1.165, 1.54) is 21.6 Å². The van der Waals surface area contributed by atoms with Gasteiger partial charge in [0.15, 0.2) is 0 Å². The normalized spacial score (nSPS) is 14.4. The summed E-state index contributed by atoms with van der Waals surface area (Å²) in [5.74, 6) is 0.946. The Labute approximate surface area is 278 Å². The van der Waals surface area contributed by atoms with Crippen molar-refractivity contribution in [2.45, 2.75) is 32.1 Å². The van der Waals surface area contributed by atoms with E-state index in [-0.39, 0.29) is 18.3 Å². The van der Waals surface area contributed by atoms with Gasteiger partial charge in [-0.15, -0.1) is 0 Å². The lowest BCUT2D eigenvalue weighted by Gasteiger charge is -2.37. The molecule has 3 aromatic rings. The van der Waals surface area contributed by atoms with Gasteiger partial charge in [0.2, 0.25) is 11.7 Å². The Morgan fingerprint density at radius 1 is 1.04 bits per heavy atom. The predicted molar refractivity (Wildman–Crippen MR) is 186 cm³/mol. The first kappa shape index (κ1) is 32.8. The fourth-order valence-corrected chi connectivity index (χ4v) is 5.96. The van der Waals surface area contributed by atoms with Crippen LogP contribution in [0.15, 0.2) is 71.3 Å². The van der Waals surface area contributed by atoms with E-state index in [1.54, 1.807) is 19.3 Å². The van der Waals surface area contributed by atoms with Crippen molar-refractivity contribution in [1.29, 1.82) is 5.26 Å². The maximum atomic E-state index is 12.8. The predicted octanol–water partition coefficient (Wildman–Crippen LogP) is 7.03. The van der Waals surface area contributed by atoms with E-state index in [4.69, 9.17) is 43.8 Å². The molecule has 0 unspecified atom stereocenters. The van der Waals surface area contributed by atoms with Crippen LogP contribution in [-0.4, -0.2) is 50.4 Å². The number of aryl methyl sites for hydroxylation is 2. The zero-order valence-corrected chi connectivity index (χ0v) is 28.1. The number of ether oxygens (including phenoxy) is 2. The van der Waals surface area contributed by atoms with E-state index >= 15 is 0 Å². The second kappa shape index (κ2) is 15.2. The molecule has 3 aromatic carbocycles. The zero-order chi connectivity index (χ0) is 31.8. The number of rotatable bonds is 12. The first-order valence-corrected chi connectivity index (χ1v) is 19.3. The molecule has 0 aliphatic carbocycles. The minimum Gasteiger partial charge on any atom is -0.458 e. The number of hydrogen-bond donors (Lipinski definition) is 1. The molecule has 2 heterocycles. The highest BCUT2D eigenvalue weighted by molar-refractivity contribution is 8.37. The van der Waals surface area contributed by atoms with Gasteiger partial charge in [0.1, 0.15) is 23.1 Å². The molecule has 2 aliphatic heterocycles. The van der Waals surface area contributed by atoms with Crippen molar-refractivity contribution in [1.82, 2.24) is 10.1 Å². The van der Waals surface area contributed by atoms with Gasteiger partial charge >= 0.3 is 0 Å². The summed E-state index contributed by atoms with van der Waals surface area (Å²) in [5, 5.41) is 16.8. The Bertz CT molecular complexity index is 1640. The van der Waals surface area contributed by atoms with Crippen molar-refractivity contribution < 1.29 is 14.3 Å². The summed E-state index contributed by atoms with van der Waals surface area (Å²) in [7, 11) is 1.64. The van der Waals surface area contributed by atoms with Crippen LogP contribution in [0.3, 0.4) is 0 Å². The third-order valence-electron chi connectivity index (χ3n) is 7.70. The van der Waals surface area contributed by atoms with Gasteiger partial charge in [-0.05, 0) is 149 Å². The molecule has 0 fully saturated rings. The number of nitrogens with one attached hydrogen (secondary N) is 1. The molecule has 0 bridgehead atoms. The number of benzene rings is 3. The number of hydrogen-bond acceptors (Lipinski definition) is 7. The Morgan fingerprint density at radius 2 is 1.64 bits per heavy atom. The molecule has 12 heteroatoms. The van der Waals surface area contributed by atoms with Crippen LogP contribution in [0.5, 0.6) is 11.5 Å². The summed E-state index contributed by atoms with van der Waals surface area (Å²) in [5.41, 5.74) is 6.94. The summed E-state index contributed by atoms with van der Waals surface area (Å²) in [6.45, 7) is 2.68. The van der Waals surface area contributed by atoms with Gasteiger partial charge in [-0.25, -0.2) is 4.78 Å². The van der Waals surface area contributed by atoms with Crippen LogP contribution < -0.4 is 19.7 Å². The highest BCUT2D eigenvalue weighted by atomic mass is 35.9. The Hall–Kier alpha value is -3.54. The number of hydrazone groups is 1. The Kier molecular flexibility index (Phi) is 11.1. The number of halogens is 2. The van der Waals surface area contributed by atoms with Crippen LogP contribution in [0.2, 0.25) is 0 Å². The summed E-state index contributed by atoms with van der Waals surface area (Å²) >= 11 is 16.9. The van der Waals surface area contributed by atoms with E-state index in [9.17, 15) is 10.1 Å². The first-order valence-electron chi connectivity index (χ1n) is 14.7. The average molecular weight is 683 g/mol. The van der Waals surface area contributed by atoms with Gasteiger partial charge in [-0.1, -0.05) is 12.1 Å². The highest BCUT2D eigenvalue weighted by Crippen LogP contribution is 2.59. The lowest BCUT2D eigenvalue weighted by atomic mass is 9.89. The molecule has 0 atom stereocenters. The topological polar surface area (TPSA) is 90.2 Å². The van der Waals surface area contributed by atoms with Crippen molar-refractivity contribution >= 4 is 63.1 Å². The lowest BCUT2D eigenvalue weighted by molar-refractivity contribution is -0.117. The SMILES string of the molecule is CN(/N=C/c1ccc(OCOc2ccc(CCNC(=O)/C(C#N)=C\c3cc4c5c(c3)CCCN5CCC4)cc2)cc1)P(=S)(Cl)Cl. The molecular formula is C33H34Cl2N5O3PS. The molecule has 8 nitrogen and oxygen atoms in total. The molecule has 0 saturated heterocycles. The molecule has 45 heavy (non-hydrogen) atoms. The van der Waals surface area contributed by atoms with Gasteiger partial charge in [-0.3, -0.25) is 4.79 Å². The van der Waals surface area contributed by atoms with Gasteiger partial charge in [0, 0.05) is 32.4 Å². The number of nitrogens with zero attached hydrogens (tertiary/aromatic N) is 4. The van der Waals surface area contributed by atoms with Crippen molar-refractivity contribution in [3.05, 3.63) is 94.1 Å². The number of carbonyl (C=O) groups is 1. The third-order valence-corrected chi connectivity index (χ3v) is 10.5. The van der Waals surface area contributed by atoms with Crippen LogP contribution in [0, 0.1) is 11.3 Å². The van der Waals surface area contributed by atoms with Gasteiger partial charge in [0.25, 0.3) is 5.91 Å². The van der Waals surface area contributed by atoms with Gasteiger partial charge in [-0.2, -0.15) is 10.4 Å². The summed E-state index contributed by atoms with van der Waals surface area (Å²) in [4.78, 5) is 12.7. The van der Waals surface area contributed by atoms with E-state index < -0.39 is 4.89 Å². The lowest BCUT2D eigenvalue weighted by Crippen LogP contribution is -2.34. The van der Waals surface area contributed by atoms with Crippen LogP contribution >= 0.6 is 27.4 Å². The molecule has 234 valence electrons. The van der Waals surface area contributed by atoms with E-state index in [1.807, 2.05) is 48.5 Å². The fourth-order valence-electron chi connectivity index (χ4n) is 5.42.